The lowest BCUT2D eigenvalue weighted by molar-refractivity contribution is -0.137. The fourth-order valence-electron chi connectivity index (χ4n) is 3.17. The van der Waals surface area contributed by atoms with Crippen molar-refractivity contribution < 1.29 is 23.1 Å². The van der Waals surface area contributed by atoms with E-state index < -0.39 is 16.0 Å². The molecule has 0 unspecified atom stereocenters. The van der Waals surface area contributed by atoms with Gasteiger partial charge in [-0.1, -0.05) is 0 Å². The van der Waals surface area contributed by atoms with Crippen molar-refractivity contribution in [1.82, 2.24) is 9.47 Å². The van der Waals surface area contributed by atoms with Crippen LogP contribution >= 0.6 is 0 Å². The van der Waals surface area contributed by atoms with Gasteiger partial charge in [-0.05, 0) is 24.3 Å². The number of ether oxygens (including phenoxy) is 1. The summed E-state index contributed by atoms with van der Waals surface area (Å²) >= 11 is 0. The Kier molecular flexibility index (Phi) is 5.49. The molecular formula is C17H23N3O5S. The number of nitrogens with zero attached hydrogens (tertiary/aromatic N) is 3. The molecule has 0 atom stereocenters. The first-order valence-corrected chi connectivity index (χ1v) is 10.3. The molecule has 0 bridgehead atoms. The summed E-state index contributed by atoms with van der Waals surface area (Å²) in [5.74, 6) is -0.921. The zero-order valence-electron chi connectivity index (χ0n) is 14.7. The number of hydrogen-bond donors (Lipinski definition) is 1. The molecule has 8 nitrogen and oxygen atoms in total. The van der Waals surface area contributed by atoms with Crippen molar-refractivity contribution in [2.75, 3.05) is 50.0 Å². The second-order valence-electron chi connectivity index (χ2n) is 6.37. The van der Waals surface area contributed by atoms with Crippen molar-refractivity contribution in [2.24, 2.45) is 0 Å². The number of sulfonamides is 1. The van der Waals surface area contributed by atoms with Gasteiger partial charge >= 0.3 is 5.97 Å². The normalized spacial score (nSPS) is 16.0. The van der Waals surface area contributed by atoms with E-state index in [0.29, 0.717) is 32.0 Å². The molecule has 0 radical (unpaired) electrons. The third-order valence-corrected chi connectivity index (χ3v) is 5.67. The van der Waals surface area contributed by atoms with E-state index in [1.807, 2.05) is 0 Å². The number of carbonyl (C=O) groups is 1. The number of fused-ring (bicyclic) bond motifs is 1. The second-order valence-corrected chi connectivity index (χ2v) is 8.28. The van der Waals surface area contributed by atoms with E-state index in [1.165, 1.54) is 10.6 Å². The van der Waals surface area contributed by atoms with E-state index in [0.717, 1.165) is 24.0 Å². The van der Waals surface area contributed by atoms with Crippen molar-refractivity contribution in [2.45, 2.75) is 6.54 Å². The predicted molar refractivity (Wildman–Crippen MR) is 99.0 cm³/mol. The minimum Gasteiger partial charge on any atom is -0.480 e. The molecule has 0 amide bonds. The summed E-state index contributed by atoms with van der Waals surface area (Å²) in [6, 6.07) is 7.07. The molecular weight excluding hydrogens is 358 g/mol. The van der Waals surface area contributed by atoms with Crippen molar-refractivity contribution in [3.05, 3.63) is 30.5 Å². The molecule has 1 aliphatic heterocycles. The average molecular weight is 381 g/mol. The Hall–Kier alpha value is -2.10. The molecule has 3 rings (SSSR count). The van der Waals surface area contributed by atoms with Gasteiger partial charge in [0.1, 0.15) is 6.54 Å². The highest BCUT2D eigenvalue weighted by atomic mass is 32.2. The molecule has 1 aliphatic rings. The molecule has 1 saturated heterocycles. The molecule has 2 aromatic rings. The molecule has 2 heterocycles. The molecule has 26 heavy (non-hydrogen) atoms. The third kappa shape index (κ3) is 4.35. The molecule has 1 aromatic heterocycles. The second kappa shape index (κ2) is 7.65. The van der Waals surface area contributed by atoms with Gasteiger partial charge in [0, 0.05) is 43.3 Å². The first-order chi connectivity index (χ1) is 12.3. The highest BCUT2D eigenvalue weighted by Gasteiger charge is 2.20. The van der Waals surface area contributed by atoms with Gasteiger partial charge in [0.15, 0.2) is 0 Å². The van der Waals surface area contributed by atoms with Crippen LogP contribution in [0.5, 0.6) is 0 Å². The Balaban J connectivity index is 1.83. The standard InChI is InChI=1S/C17H23N3O5S/c1-26(23,24)20(7-6-18-8-10-25-11-9-18)15-2-3-16-14(12-15)4-5-19(16)13-17(21)22/h2-5,12H,6-11,13H2,1H3,(H,21,22). The minimum absolute atomic E-state index is 0.129. The Morgan fingerprint density at radius 1 is 1.27 bits per heavy atom. The Labute approximate surface area is 152 Å². The van der Waals surface area contributed by atoms with E-state index in [9.17, 15) is 13.2 Å². The van der Waals surface area contributed by atoms with Crippen molar-refractivity contribution in [3.63, 3.8) is 0 Å². The SMILES string of the molecule is CS(=O)(=O)N(CCN1CCOCC1)c1ccc2c(ccn2CC(=O)O)c1. The van der Waals surface area contributed by atoms with E-state index in [-0.39, 0.29) is 6.54 Å². The predicted octanol–water partition coefficient (Wildman–Crippen LogP) is 0.824. The number of morpholine rings is 1. The van der Waals surface area contributed by atoms with Gasteiger partial charge in [0.25, 0.3) is 0 Å². The van der Waals surface area contributed by atoms with Crippen LogP contribution < -0.4 is 4.31 Å². The monoisotopic (exact) mass is 381 g/mol. The fourth-order valence-corrected chi connectivity index (χ4v) is 4.08. The average Bonchev–Trinajstić information content (AvgIpc) is 2.96. The van der Waals surface area contributed by atoms with Gasteiger partial charge in [-0.25, -0.2) is 8.42 Å². The number of aliphatic carboxylic acids is 1. The van der Waals surface area contributed by atoms with Gasteiger partial charge in [-0.2, -0.15) is 0 Å². The highest BCUT2D eigenvalue weighted by Crippen LogP contribution is 2.25. The number of hydrogen-bond acceptors (Lipinski definition) is 5. The van der Waals surface area contributed by atoms with Crippen LogP contribution in [0.1, 0.15) is 0 Å². The van der Waals surface area contributed by atoms with Crippen molar-refractivity contribution >= 4 is 32.6 Å². The van der Waals surface area contributed by atoms with Gasteiger partial charge in [-0.15, -0.1) is 0 Å². The van der Waals surface area contributed by atoms with Gasteiger partial charge in [0.05, 0.1) is 25.2 Å². The largest absolute Gasteiger partial charge is 0.480 e. The van der Waals surface area contributed by atoms with E-state index in [1.54, 1.807) is 35.0 Å². The number of carboxylic acids is 1. The molecule has 9 heteroatoms. The number of rotatable bonds is 7. The summed E-state index contributed by atoms with van der Waals surface area (Å²) in [5.41, 5.74) is 1.35. The number of carboxylic acid groups (broad SMARTS) is 1. The summed E-state index contributed by atoms with van der Waals surface area (Å²) in [6.45, 7) is 3.80. The van der Waals surface area contributed by atoms with E-state index in [2.05, 4.69) is 4.90 Å². The molecule has 0 aliphatic carbocycles. The summed E-state index contributed by atoms with van der Waals surface area (Å²) in [5, 5.41) is 9.78. The number of anilines is 1. The lowest BCUT2D eigenvalue weighted by Crippen LogP contribution is -2.43. The smallest absolute Gasteiger partial charge is 0.323 e. The maximum atomic E-state index is 12.3. The van der Waals surface area contributed by atoms with Crippen LogP contribution in [-0.2, 0) is 26.1 Å². The summed E-state index contributed by atoms with van der Waals surface area (Å²) in [7, 11) is -3.43. The molecule has 1 fully saturated rings. The Morgan fingerprint density at radius 3 is 2.65 bits per heavy atom. The lowest BCUT2D eigenvalue weighted by atomic mass is 10.2. The maximum absolute atomic E-state index is 12.3. The van der Waals surface area contributed by atoms with Crippen LogP contribution in [0.2, 0.25) is 0 Å². The van der Waals surface area contributed by atoms with Gasteiger partial charge < -0.3 is 14.4 Å². The minimum atomic E-state index is -3.43. The maximum Gasteiger partial charge on any atom is 0.323 e. The molecule has 1 N–H and O–H groups in total. The number of aromatic nitrogens is 1. The molecule has 142 valence electrons. The van der Waals surface area contributed by atoms with Crippen molar-refractivity contribution in [1.29, 1.82) is 0 Å². The van der Waals surface area contributed by atoms with Crippen molar-refractivity contribution in [3.8, 4) is 0 Å². The first-order valence-electron chi connectivity index (χ1n) is 8.43. The van der Waals surface area contributed by atoms with Gasteiger partial charge in [-0.3, -0.25) is 14.0 Å². The zero-order chi connectivity index (χ0) is 18.7. The molecule has 0 saturated carbocycles. The molecule has 1 aromatic carbocycles. The van der Waals surface area contributed by atoms with Crippen LogP contribution in [0.3, 0.4) is 0 Å². The summed E-state index contributed by atoms with van der Waals surface area (Å²) in [4.78, 5) is 13.1. The van der Waals surface area contributed by atoms with Crippen LogP contribution in [-0.4, -0.2) is 74.6 Å². The third-order valence-electron chi connectivity index (χ3n) is 4.47. The van der Waals surface area contributed by atoms with E-state index >= 15 is 0 Å². The Bertz CT molecular complexity index is 887. The Morgan fingerprint density at radius 2 is 2.00 bits per heavy atom. The number of benzene rings is 1. The summed E-state index contributed by atoms with van der Waals surface area (Å²) < 4.78 is 32.9. The summed E-state index contributed by atoms with van der Waals surface area (Å²) in [6.07, 6.45) is 2.90. The first kappa shape index (κ1) is 18.7. The van der Waals surface area contributed by atoms with Crippen LogP contribution in [0, 0.1) is 0 Å². The van der Waals surface area contributed by atoms with E-state index in [4.69, 9.17) is 9.84 Å². The highest BCUT2D eigenvalue weighted by molar-refractivity contribution is 7.92. The van der Waals surface area contributed by atoms with Gasteiger partial charge in [0.2, 0.25) is 10.0 Å². The van der Waals surface area contributed by atoms with Crippen LogP contribution in [0.4, 0.5) is 5.69 Å². The molecule has 0 spiro atoms. The van der Waals surface area contributed by atoms with Crippen LogP contribution in [0.25, 0.3) is 10.9 Å². The fraction of sp³-hybridized carbons (Fsp3) is 0.471. The quantitative estimate of drug-likeness (QED) is 0.764. The zero-order valence-corrected chi connectivity index (χ0v) is 15.5. The van der Waals surface area contributed by atoms with Crippen LogP contribution in [0.15, 0.2) is 30.5 Å². The lowest BCUT2D eigenvalue weighted by Gasteiger charge is -2.30. The topological polar surface area (TPSA) is 92.1 Å².